The van der Waals surface area contributed by atoms with Gasteiger partial charge in [0.25, 0.3) is 0 Å². The molecule has 228 valence electrons. The summed E-state index contributed by atoms with van der Waals surface area (Å²) in [5.41, 5.74) is 3.28. The summed E-state index contributed by atoms with van der Waals surface area (Å²) in [6, 6.07) is 12.0. The minimum Gasteiger partial charge on any atom is -0.490 e. The third-order valence-electron chi connectivity index (χ3n) is 9.01. The number of halogens is 1. The minimum absolute atomic E-state index is 0.192. The number of hydrogen-bond acceptors (Lipinski definition) is 7. The van der Waals surface area contributed by atoms with Crippen LogP contribution in [0.25, 0.3) is 0 Å². The number of rotatable bonds is 9. The standard InChI is InChI=1S/C34H45ClN2O4S/c1-33(2,3)41-32(39)24-11-15-31-29(19-24)37(20-25-10-13-27(25)30(38)9-5-4-6-17-42-36)21-34(22-40-31)16-7-8-23-18-26(35)12-14-28(23)34/h5,9,11-12,14-15,18-19,25,27,30,38H,4,6-8,10,13,16-17,20-22,36H2,1-3H3/b9-5+. The van der Waals surface area contributed by atoms with Crippen LogP contribution in [0.2, 0.25) is 5.02 Å². The van der Waals surface area contributed by atoms with E-state index in [0.29, 0.717) is 18.1 Å². The van der Waals surface area contributed by atoms with Crippen LogP contribution in [-0.2, 0) is 16.6 Å². The number of anilines is 1. The van der Waals surface area contributed by atoms with Crippen LogP contribution < -0.4 is 14.8 Å². The smallest absolute Gasteiger partial charge is 0.338 e. The zero-order valence-electron chi connectivity index (χ0n) is 25.1. The molecule has 1 heterocycles. The molecule has 0 saturated heterocycles. The number of carbonyl (C=O) groups excluding carboxylic acids is 1. The number of ether oxygens (including phenoxy) is 2. The number of carbonyl (C=O) groups is 1. The first-order valence-electron chi connectivity index (χ1n) is 15.3. The molecule has 0 aromatic heterocycles. The summed E-state index contributed by atoms with van der Waals surface area (Å²) in [6.07, 6.45) is 10.7. The summed E-state index contributed by atoms with van der Waals surface area (Å²) in [5.74, 6) is 1.92. The lowest BCUT2D eigenvalue weighted by Gasteiger charge is -2.45. The molecule has 0 bridgehead atoms. The maximum Gasteiger partial charge on any atom is 0.338 e. The van der Waals surface area contributed by atoms with E-state index in [0.717, 1.165) is 80.2 Å². The van der Waals surface area contributed by atoms with Gasteiger partial charge in [-0.1, -0.05) is 41.8 Å². The summed E-state index contributed by atoms with van der Waals surface area (Å²) in [7, 11) is 0. The monoisotopic (exact) mass is 612 g/mol. The van der Waals surface area contributed by atoms with Crippen LogP contribution in [0.5, 0.6) is 5.75 Å². The van der Waals surface area contributed by atoms with Crippen molar-refractivity contribution in [3.63, 3.8) is 0 Å². The minimum atomic E-state index is -0.580. The first-order chi connectivity index (χ1) is 20.1. The third kappa shape index (κ3) is 7.12. The number of nitrogens with zero attached hydrogens (tertiary/aromatic N) is 1. The van der Waals surface area contributed by atoms with Crippen LogP contribution in [-0.4, -0.2) is 48.2 Å². The van der Waals surface area contributed by atoms with Crippen molar-refractivity contribution in [2.24, 2.45) is 17.0 Å². The van der Waals surface area contributed by atoms with Crippen LogP contribution in [0.4, 0.5) is 5.69 Å². The van der Waals surface area contributed by atoms with Crippen molar-refractivity contribution >= 4 is 35.2 Å². The van der Waals surface area contributed by atoms with E-state index in [4.69, 9.17) is 26.2 Å². The van der Waals surface area contributed by atoms with Crippen LogP contribution in [0, 0.1) is 11.8 Å². The average molecular weight is 613 g/mol. The topological polar surface area (TPSA) is 85.0 Å². The molecule has 1 spiro atoms. The van der Waals surface area contributed by atoms with Gasteiger partial charge in [0.1, 0.15) is 11.4 Å². The molecule has 3 aliphatic rings. The van der Waals surface area contributed by atoms with Crippen molar-refractivity contribution in [2.75, 3.05) is 30.3 Å². The highest BCUT2D eigenvalue weighted by Crippen LogP contribution is 2.46. The Balaban J connectivity index is 1.44. The van der Waals surface area contributed by atoms with Crippen molar-refractivity contribution in [3.05, 3.63) is 70.3 Å². The zero-order chi connectivity index (χ0) is 29.9. The second-order valence-corrected chi connectivity index (χ2v) is 14.4. The van der Waals surface area contributed by atoms with Crippen LogP contribution in [0.3, 0.4) is 0 Å². The van der Waals surface area contributed by atoms with E-state index in [1.165, 1.54) is 23.1 Å². The van der Waals surface area contributed by atoms with Gasteiger partial charge in [0.2, 0.25) is 0 Å². The third-order valence-corrected chi connectivity index (χ3v) is 9.77. The Morgan fingerprint density at radius 3 is 2.86 bits per heavy atom. The van der Waals surface area contributed by atoms with Gasteiger partial charge in [-0.25, -0.2) is 4.79 Å². The van der Waals surface area contributed by atoms with Crippen molar-refractivity contribution in [1.82, 2.24) is 0 Å². The van der Waals surface area contributed by atoms with Crippen LogP contribution >= 0.6 is 23.5 Å². The van der Waals surface area contributed by atoms with Gasteiger partial charge in [0.05, 0.1) is 24.0 Å². The first-order valence-corrected chi connectivity index (χ1v) is 16.7. The zero-order valence-corrected chi connectivity index (χ0v) is 26.7. The Bertz CT molecular complexity index is 1290. The van der Waals surface area contributed by atoms with E-state index in [9.17, 15) is 9.90 Å². The molecule has 4 unspecified atom stereocenters. The van der Waals surface area contributed by atoms with Crippen LogP contribution in [0.1, 0.15) is 80.8 Å². The molecule has 5 rings (SSSR count). The highest BCUT2D eigenvalue weighted by molar-refractivity contribution is 7.97. The van der Waals surface area contributed by atoms with E-state index < -0.39 is 11.7 Å². The van der Waals surface area contributed by atoms with Crippen LogP contribution in [0.15, 0.2) is 48.6 Å². The molecule has 0 radical (unpaired) electrons. The van der Waals surface area contributed by atoms with Crippen molar-refractivity contribution in [2.45, 2.75) is 82.8 Å². The Kier molecular flexibility index (Phi) is 9.83. The molecular weight excluding hydrogens is 568 g/mol. The average Bonchev–Trinajstić information content (AvgIpc) is 3.07. The molecule has 1 aliphatic heterocycles. The lowest BCUT2D eigenvalue weighted by molar-refractivity contribution is 0.00695. The molecule has 0 amide bonds. The van der Waals surface area contributed by atoms with E-state index in [1.54, 1.807) is 0 Å². The summed E-state index contributed by atoms with van der Waals surface area (Å²) in [4.78, 5) is 15.5. The van der Waals surface area contributed by atoms with Gasteiger partial charge in [0, 0.05) is 29.3 Å². The molecule has 2 aliphatic carbocycles. The number of allylic oxidation sites excluding steroid dienone is 1. The van der Waals surface area contributed by atoms with E-state index in [-0.39, 0.29) is 17.3 Å². The van der Waals surface area contributed by atoms with Gasteiger partial charge < -0.3 is 19.5 Å². The Labute approximate surface area is 260 Å². The van der Waals surface area contributed by atoms with Gasteiger partial charge >= 0.3 is 5.97 Å². The summed E-state index contributed by atoms with van der Waals surface area (Å²) < 4.78 is 12.3. The predicted molar refractivity (Wildman–Crippen MR) is 173 cm³/mol. The number of aryl methyl sites for hydroxylation is 1. The largest absolute Gasteiger partial charge is 0.490 e. The molecule has 1 fully saturated rings. The molecule has 4 atom stereocenters. The Morgan fingerprint density at radius 1 is 1.29 bits per heavy atom. The fourth-order valence-electron chi connectivity index (χ4n) is 6.80. The van der Waals surface area contributed by atoms with E-state index in [2.05, 4.69) is 23.1 Å². The lowest BCUT2D eigenvalue weighted by atomic mass is 9.68. The normalized spacial score (nSPS) is 24.4. The van der Waals surface area contributed by atoms with E-state index in [1.807, 2.05) is 51.1 Å². The highest BCUT2D eigenvalue weighted by Gasteiger charge is 2.44. The molecule has 2 aromatic carbocycles. The van der Waals surface area contributed by atoms with Gasteiger partial charge in [-0.2, -0.15) is 0 Å². The van der Waals surface area contributed by atoms with E-state index >= 15 is 0 Å². The second-order valence-electron chi connectivity index (χ2n) is 13.2. The van der Waals surface area contributed by atoms with Crippen molar-refractivity contribution in [3.8, 4) is 5.75 Å². The number of nitrogens with two attached hydrogens (primary N) is 1. The highest BCUT2D eigenvalue weighted by atomic mass is 35.5. The van der Waals surface area contributed by atoms with Gasteiger partial charge in [-0.05, 0) is 119 Å². The SMILES string of the molecule is CC(C)(C)OC(=O)c1ccc2c(c1)N(CC1CCC1C(O)/C=C/CCCSN)CC1(CCCc3cc(Cl)ccc31)CO2. The number of fused-ring (bicyclic) bond motifs is 3. The molecule has 1 saturated carbocycles. The molecule has 6 nitrogen and oxygen atoms in total. The fourth-order valence-corrected chi connectivity index (χ4v) is 7.32. The molecule has 8 heteroatoms. The molecular formula is C34H45ClN2O4S. The van der Waals surface area contributed by atoms with Gasteiger partial charge in [-0.15, -0.1) is 0 Å². The maximum atomic E-state index is 13.1. The quantitative estimate of drug-likeness (QED) is 0.135. The fraction of sp³-hybridized carbons (Fsp3) is 0.559. The number of unbranched alkanes of at least 4 members (excludes halogenated alkanes) is 1. The summed E-state index contributed by atoms with van der Waals surface area (Å²) in [6.45, 7) is 7.78. The Morgan fingerprint density at radius 2 is 2.12 bits per heavy atom. The number of aliphatic hydroxyl groups excluding tert-OH is 1. The Hall–Kier alpha value is -2.19. The second kappa shape index (κ2) is 13.2. The predicted octanol–water partition coefficient (Wildman–Crippen LogP) is 7.10. The number of hydrogen-bond donors (Lipinski definition) is 2. The maximum absolute atomic E-state index is 13.1. The summed E-state index contributed by atoms with van der Waals surface area (Å²) >= 11 is 7.77. The van der Waals surface area contributed by atoms with Crippen molar-refractivity contribution in [1.29, 1.82) is 0 Å². The van der Waals surface area contributed by atoms with Crippen molar-refractivity contribution < 1.29 is 19.4 Å². The molecule has 3 N–H and O–H groups in total. The van der Waals surface area contributed by atoms with Gasteiger partial charge in [0.15, 0.2) is 0 Å². The number of aliphatic hydroxyl groups is 1. The molecule has 42 heavy (non-hydrogen) atoms. The van der Waals surface area contributed by atoms with Gasteiger partial charge in [-0.3, -0.25) is 5.14 Å². The number of esters is 1. The first kappa shape index (κ1) is 31.2. The summed E-state index contributed by atoms with van der Waals surface area (Å²) in [5, 5.41) is 17.4. The lowest BCUT2D eigenvalue weighted by Crippen LogP contribution is -2.49. The number of benzene rings is 2. The molecule has 2 aromatic rings.